The van der Waals surface area contributed by atoms with Crippen molar-refractivity contribution in [3.05, 3.63) is 42.2 Å². The molecular weight excluding hydrogens is 294 g/mol. The van der Waals surface area contributed by atoms with Gasteiger partial charge in [0.15, 0.2) is 11.4 Å². The predicted octanol–water partition coefficient (Wildman–Crippen LogP) is 1.97. The van der Waals surface area contributed by atoms with E-state index in [1.165, 1.54) is 4.90 Å². The second kappa shape index (κ2) is 7.78. The Morgan fingerprint density at radius 1 is 1.35 bits per heavy atom. The zero-order valence-electron chi connectivity index (χ0n) is 13.8. The standard InChI is InChI=1S/C17H23N3O3/c1-13(2)12-23-15-11-20(14-7-5-4-6-8-14)18-16(15)17(22)19(3)9-10-21/h4-8,11,13,21H,9-10,12H2,1-3H3. The van der Waals surface area contributed by atoms with Crippen LogP contribution in [0, 0.1) is 5.92 Å². The summed E-state index contributed by atoms with van der Waals surface area (Å²) in [6.07, 6.45) is 1.72. The Labute approximate surface area is 136 Å². The molecule has 0 unspecified atom stereocenters. The lowest BCUT2D eigenvalue weighted by molar-refractivity contribution is 0.0755. The fourth-order valence-electron chi connectivity index (χ4n) is 2.01. The first-order chi connectivity index (χ1) is 11.0. The summed E-state index contributed by atoms with van der Waals surface area (Å²) in [7, 11) is 1.63. The molecule has 1 amide bonds. The Hall–Kier alpha value is -2.34. The second-order valence-electron chi connectivity index (χ2n) is 5.78. The van der Waals surface area contributed by atoms with Crippen LogP contribution < -0.4 is 4.74 Å². The third kappa shape index (κ3) is 4.32. The molecule has 0 bridgehead atoms. The zero-order chi connectivity index (χ0) is 16.8. The van der Waals surface area contributed by atoms with Gasteiger partial charge in [0.1, 0.15) is 0 Å². The molecule has 124 valence electrons. The first-order valence-corrected chi connectivity index (χ1v) is 7.67. The molecule has 1 aromatic heterocycles. The minimum atomic E-state index is -0.271. The SMILES string of the molecule is CC(C)COc1cn(-c2ccccc2)nc1C(=O)N(C)CCO. The summed E-state index contributed by atoms with van der Waals surface area (Å²) < 4.78 is 7.39. The largest absolute Gasteiger partial charge is 0.489 e. The molecule has 0 atom stereocenters. The Kier molecular flexibility index (Phi) is 5.76. The van der Waals surface area contributed by atoms with E-state index in [0.29, 0.717) is 18.3 Å². The number of hydrogen-bond acceptors (Lipinski definition) is 4. The van der Waals surface area contributed by atoms with Crippen LogP contribution in [0.4, 0.5) is 0 Å². The molecule has 2 aromatic rings. The van der Waals surface area contributed by atoms with E-state index in [1.807, 2.05) is 44.2 Å². The number of nitrogens with zero attached hydrogens (tertiary/aromatic N) is 3. The van der Waals surface area contributed by atoms with Crippen molar-refractivity contribution in [2.24, 2.45) is 5.92 Å². The van der Waals surface area contributed by atoms with Gasteiger partial charge in [-0.2, -0.15) is 5.10 Å². The van der Waals surface area contributed by atoms with Gasteiger partial charge in [0, 0.05) is 13.6 Å². The number of benzene rings is 1. The lowest BCUT2D eigenvalue weighted by Gasteiger charge is -2.15. The summed E-state index contributed by atoms with van der Waals surface area (Å²) in [5.74, 6) is 0.526. The number of para-hydroxylation sites is 1. The number of carbonyl (C=O) groups is 1. The lowest BCUT2D eigenvalue weighted by Crippen LogP contribution is -2.30. The highest BCUT2D eigenvalue weighted by Gasteiger charge is 2.22. The van der Waals surface area contributed by atoms with Crippen molar-refractivity contribution in [1.82, 2.24) is 14.7 Å². The quantitative estimate of drug-likeness (QED) is 0.848. The molecule has 0 radical (unpaired) electrons. The van der Waals surface area contributed by atoms with Crippen molar-refractivity contribution in [2.45, 2.75) is 13.8 Å². The van der Waals surface area contributed by atoms with Crippen molar-refractivity contribution >= 4 is 5.91 Å². The maximum absolute atomic E-state index is 12.5. The third-order valence-corrected chi connectivity index (χ3v) is 3.26. The molecular formula is C17H23N3O3. The van der Waals surface area contributed by atoms with E-state index in [4.69, 9.17) is 9.84 Å². The van der Waals surface area contributed by atoms with Crippen LogP contribution in [-0.4, -0.2) is 52.5 Å². The van der Waals surface area contributed by atoms with Crippen molar-refractivity contribution in [3.8, 4) is 11.4 Å². The smallest absolute Gasteiger partial charge is 0.278 e. The number of ether oxygens (including phenoxy) is 1. The molecule has 0 fully saturated rings. The maximum Gasteiger partial charge on any atom is 0.278 e. The van der Waals surface area contributed by atoms with Crippen LogP contribution >= 0.6 is 0 Å². The minimum Gasteiger partial charge on any atom is -0.489 e. The highest BCUT2D eigenvalue weighted by Crippen LogP contribution is 2.22. The molecule has 0 spiro atoms. The Morgan fingerprint density at radius 3 is 2.65 bits per heavy atom. The maximum atomic E-state index is 12.5. The second-order valence-corrected chi connectivity index (χ2v) is 5.78. The minimum absolute atomic E-state index is 0.0934. The number of carbonyl (C=O) groups excluding carboxylic acids is 1. The topological polar surface area (TPSA) is 67.6 Å². The van der Waals surface area contributed by atoms with Crippen molar-refractivity contribution in [1.29, 1.82) is 0 Å². The summed E-state index contributed by atoms with van der Waals surface area (Å²) in [4.78, 5) is 13.9. The summed E-state index contributed by atoms with van der Waals surface area (Å²) in [6.45, 7) is 4.75. The van der Waals surface area contributed by atoms with Gasteiger partial charge in [0.2, 0.25) is 0 Å². The van der Waals surface area contributed by atoms with Gasteiger partial charge in [-0.05, 0) is 18.1 Å². The van der Waals surface area contributed by atoms with Gasteiger partial charge in [-0.15, -0.1) is 0 Å². The average molecular weight is 317 g/mol. The lowest BCUT2D eigenvalue weighted by atomic mass is 10.2. The molecule has 0 aliphatic rings. The van der Waals surface area contributed by atoms with Gasteiger partial charge in [-0.1, -0.05) is 32.0 Å². The average Bonchev–Trinajstić information content (AvgIpc) is 2.97. The fourth-order valence-corrected chi connectivity index (χ4v) is 2.01. The van der Waals surface area contributed by atoms with Crippen LogP contribution in [0.3, 0.4) is 0 Å². The molecule has 6 heteroatoms. The van der Waals surface area contributed by atoms with Gasteiger partial charge < -0.3 is 14.7 Å². The van der Waals surface area contributed by atoms with Gasteiger partial charge in [0.25, 0.3) is 5.91 Å². The van der Waals surface area contributed by atoms with Gasteiger partial charge in [-0.25, -0.2) is 4.68 Å². The molecule has 0 saturated carbocycles. The normalized spacial score (nSPS) is 10.8. The summed E-state index contributed by atoms with van der Waals surface area (Å²) in [6, 6.07) is 9.55. The highest BCUT2D eigenvalue weighted by molar-refractivity contribution is 5.94. The van der Waals surface area contributed by atoms with Crippen molar-refractivity contribution < 1.29 is 14.6 Å². The predicted molar refractivity (Wildman–Crippen MR) is 87.9 cm³/mol. The molecule has 1 heterocycles. The van der Waals surface area contributed by atoms with E-state index < -0.39 is 0 Å². The Bertz CT molecular complexity index is 638. The first kappa shape index (κ1) is 17.0. The Balaban J connectivity index is 2.34. The van der Waals surface area contributed by atoms with Crippen LogP contribution in [0.5, 0.6) is 5.75 Å². The zero-order valence-corrected chi connectivity index (χ0v) is 13.8. The molecule has 1 N–H and O–H groups in total. The third-order valence-electron chi connectivity index (χ3n) is 3.26. The van der Waals surface area contributed by atoms with E-state index in [9.17, 15) is 4.79 Å². The summed E-state index contributed by atoms with van der Waals surface area (Å²) in [5, 5.41) is 13.4. The van der Waals surface area contributed by atoms with Gasteiger partial charge in [0.05, 0.1) is 25.1 Å². The molecule has 0 aliphatic heterocycles. The monoisotopic (exact) mass is 317 g/mol. The molecule has 2 rings (SSSR count). The van der Waals surface area contributed by atoms with Crippen LogP contribution in [0.1, 0.15) is 24.3 Å². The molecule has 6 nitrogen and oxygen atoms in total. The number of hydrogen-bond donors (Lipinski definition) is 1. The van der Waals surface area contributed by atoms with Gasteiger partial charge in [-0.3, -0.25) is 4.79 Å². The van der Waals surface area contributed by atoms with Crippen LogP contribution in [0.25, 0.3) is 5.69 Å². The van der Waals surface area contributed by atoms with Gasteiger partial charge >= 0.3 is 0 Å². The van der Waals surface area contributed by atoms with Crippen molar-refractivity contribution in [3.63, 3.8) is 0 Å². The van der Waals surface area contributed by atoms with E-state index in [0.717, 1.165) is 5.69 Å². The molecule has 0 saturated heterocycles. The fraction of sp³-hybridized carbons (Fsp3) is 0.412. The van der Waals surface area contributed by atoms with Crippen molar-refractivity contribution in [2.75, 3.05) is 26.8 Å². The number of likely N-dealkylation sites (N-methyl/N-ethyl adjacent to an activating group) is 1. The molecule has 23 heavy (non-hydrogen) atoms. The number of aliphatic hydroxyl groups excluding tert-OH is 1. The Morgan fingerprint density at radius 2 is 2.04 bits per heavy atom. The van der Waals surface area contributed by atoms with Crippen LogP contribution in [0.15, 0.2) is 36.5 Å². The van der Waals surface area contributed by atoms with E-state index in [1.54, 1.807) is 17.9 Å². The number of aliphatic hydroxyl groups is 1. The summed E-state index contributed by atoms with van der Waals surface area (Å²) >= 11 is 0. The molecule has 0 aliphatic carbocycles. The van der Waals surface area contributed by atoms with E-state index >= 15 is 0 Å². The highest BCUT2D eigenvalue weighted by atomic mass is 16.5. The number of aromatic nitrogens is 2. The van der Waals surface area contributed by atoms with E-state index in [-0.39, 0.29) is 24.8 Å². The van der Waals surface area contributed by atoms with Crippen LogP contribution in [-0.2, 0) is 0 Å². The number of amides is 1. The van der Waals surface area contributed by atoms with E-state index in [2.05, 4.69) is 5.10 Å². The number of rotatable bonds is 7. The summed E-state index contributed by atoms with van der Waals surface area (Å²) in [5.41, 5.74) is 1.11. The van der Waals surface area contributed by atoms with Crippen LogP contribution in [0.2, 0.25) is 0 Å². The molecule has 1 aromatic carbocycles. The first-order valence-electron chi connectivity index (χ1n) is 7.67.